The molecule has 1 saturated carbocycles. The van der Waals surface area contributed by atoms with Crippen LogP contribution < -0.4 is 5.32 Å². The molecule has 8 nitrogen and oxygen atoms in total. The topological polar surface area (TPSA) is 70.8 Å². The lowest BCUT2D eigenvalue weighted by molar-refractivity contribution is 0.0388. The highest BCUT2D eigenvalue weighted by Gasteiger charge is 2.21. The van der Waals surface area contributed by atoms with E-state index in [9.17, 15) is 0 Å². The SMILES string of the molecule is Cc1nnc(CN=C(NCCN2CCOCC2)N(C)CC2CCC(C)CC2)n1C.I. The Kier molecular flexibility index (Phi) is 10.8. The van der Waals surface area contributed by atoms with Gasteiger partial charge in [0, 0.05) is 46.8 Å². The van der Waals surface area contributed by atoms with E-state index in [1.165, 1.54) is 25.7 Å². The molecule has 2 fully saturated rings. The summed E-state index contributed by atoms with van der Waals surface area (Å²) in [5.74, 6) is 4.43. The third-order valence-electron chi connectivity index (χ3n) is 6.40. The van der Waals surface area contributed by atoms with Gasteiger partial charge in [-0.3, -0.25) is 4.90 Å². The Balaban J connectivity index is 0.00000320. The van der Waals surface area contributed by atoms with Crippen LogP contribution in [-0.4, -0.2) is 83.5 Å². The van der Waals surface area contributed by atoms with Gasteiger partial charge in [-0.05, 0) is 31.6 Å². The van der Waals surface area contributed by atoms with Crippen LogP contribution in [0.15, 0.2) is 4.99 Å². The van der Waals surface area contributed by atoms with E-state index in [1.54, 1.807) is 0 Å². The van der Waals surface area contributed by atoms with Crippen LogP contribution in [-0.2, 0) is 18.3 Å². The zero-order chi connectivity index (χ0) is 20.6. The quantitative estimate of drug-likeness (QED) is 0.330. The van der Waals surface area contributed by atoms with Gasteiger partial charge in [-0.2, -0.15) is 0 Å². The summed E-state index contributed by atoms with van der Waals surface area (Å²) >= 11 is 0. The fourth-order valence-corrected chi connectivity index (χ4v) is 4.18. The molecule has 0 aromatic carbocycles. The average molecular weight is 534 g/mol. The minimum absolute atomic E-state index is 0. The first-order valence-electron chi connectivity index (χ1n) is 11.2. The fraction of sp³-hybridized carbons (Fsp3) is 0.857. The van der Waals surface area contributed by atoms with Crippen molar-refractivity contribution in [2.75, 3.05) is 53.0 Å². The minimum atomic E-state index is 0. The Hall–Kier alpha value is -0.940. The van der Waals surface area contributed by atoms with Gasteiger partial charge in [0.05, 0.1) is 13.2 Å². The van der Waals surface area contributed by atoms with Gasteiger partial charge in [-0.25, -0.2) is 4.99 Å². The normalized spacial score (nSPS) is 23.1. The number of halogens is 1. The summed E-state index contributed by atoms with van der Waals surface area (Å²) in [5, 5.41) is 12.0. The molecule has 0 atom stereocenters. The van der Waals surface area contributed by atoms with Gasteiger partial charge in [0.1, 0.15) is 12.4 Å². The summed E-state index contributed by atoms with van der Waals surface area (Å²) in [6.45, 7) is 11.6. The second-order valence-electron chi connectivity index (χ2n) is 8.75. The predicted molar refractivity (Wildman–Crippen MR) is 131 cm³/mol. The molecule has 2 aliphatic rings. The second kappa shape index (κ2) is 12.8. The molecule has 1 aromatic rings. The van der Waals surface area contributed by atoms with Crippen molar-refractivity contribution in [3.8, 4) is 0 Å². The van der Waals surface area contributed by atoms with Gasteiger partial charge in [0.2, 0.25) is 0 Å². The number of aliphatic imine (C=N–C) groups is 1. The molecular formula is C21H40IN7O. The third kappa shape index (κ3) is 7.64. The van der Waals surface area contributed by atoms with Gasteiger partial charge in [0.25, 0.3) is 0 Å². The van der Waals surface area contributed by atoms with E-state index in [0.717, 1.165) is 75.4 Å². The molecule has 30 heavy (non-hydrogen) atoms. The van der Waals surface area contributed by atoms with E-state index in [4.69, 9.17) is 9.73 Å². The number of guanidine groups is 1. The summed E-state index contributed by atoms with van der Waals surface area (Å²) in [5.41, 5.74) is 0. The smallest absolute Gasteiger partial charge is 0.194 e. The van der Waals surface area contributed by atoms with Crippen molar-refractivity contribution < 1.29 is 4.74 Å². The van der Waals surface area contributed by atoms with E-state index < -0.39 is 0 Å². The number of hydrogen-bond acceptors (Lipinski definition) is 5. The number of morpholine rings is 1. The summed E-state index contributed by atoms with van der Waals surface area (Å²) in [4.78, 5) is 9.65. The van der Waals surface area contributed by atoms with Crippen LogP contribution in [0.25, 0.3) is 0 Å². The molecular weight excluding hydrogens is 493 g/mol. The molecule has 172 valence electrons. The highest BCUT2D eigenvalue weighted by Crippen LogP contribution is 2.28. The maximum Gasteiger partial charge on any atom is 0.194 e. The molecule has 0 radical (unpaired) electrons. The van der Waals surface area contributed by atoms with E-state index in [2.05, 4.69) is 39.3 Å². The van der Waals surface area contributed by atoms with Crippen molar-refractivity contribution in [2.24, 2.45) is 23.9 Å². The van der Waals surface area contributed by atoms with Crippen molar-refractivity contribution in [2.45, 2.75) is 46.1 Å². The molecule has 0 spiro atoms. The summed E-state index contributed by atoms with van der Waals surface area (Å²) in [6.07, 6.45) is 5.37. The molecule has 1 aromatic heterocycles. The Morgan fingerprint density at radius 2 is 1.90 bits per heavy atom. The largest absolute Gasteiger partial charge is 0.379 e. The standard InChI is InChI=1S/C21H39N7O.HI/c1-17-5-7-19(8-6-17)16-26(3)21(22-9-10-28-11-13-29-14-12-28)23-15-20-25-24-18(2)27(20)4;/h17,19H,5-16H2,1-4H3,(H,22,23);1H. The number of aryl methyl sites for hydroxylation is 1. The predicted octanol–water partition coefficient (Wildman–Crippen LogP) is 2.28. The Labute approximate surface area is 198 Å². The number of rotatable bonds is 7. The number of aromatic nitrogens is 3. The lowest BCUT2D eigenvalue weighted by Crippen LogP contribution is -2.46. The molecule has 3 rings (SSSR count). The molecule has 2 heterocycles. The van der Waals surface area contributed by atoms with E-state index in [-0.39, 0.29) is 24.0 Å². The summed E-state index contributed by atoms with van der Waals surface area (Å²) in [7, 11) is 4.17. The van der Waals surface area contributed by atoms with Crippen molar-refractivity contribution >= 4 is 29.9 Å². The molecule has 0 bridgehead atoms. The van der Waals surface area contributed by atoms with Gasteiger partial charge in [0.15, 0.2) is 11.8 Å². The van der Waals surface area contributed by atoms with Crippen LogP contribution in [0.4, 0.5) is 0 Å². The van der Waals surface area contributed by atoms with Crippen molar-refractivity contribution in [3.05, 3.63) is 11.6 Å². The van der Waals surface area contributed by atoms with Gasteiger partial charge in [-0.15, -0.1) is 34.2 Å². The van der Waals surface area contributed by atoms with Gasteiger partial charge in [-0.1, -0.05) is 19.8 Å². The van der Waals surface area contributed by atoms with Crippen LogP contribution in [0, 0.1) is 18.8 Å². The first kappa shape index (κ1) is 25.3. The number of nitrogens with one attached hydrogen (secondary N) is 1. The second-order valence-corrected chi connectivity index (χ2v) is 8.75. The maximum atomic E-state index is 5.45. The lowest BCUT2D eigenvalue weighted by Gasteiger charge is -2.32. The minimum Gasteiger partial charge on any atom is -0.379 e. The molecule has 0 unspecified atom stereocenters. The van der Waals surface area contributed by atoms with Crippen LogP contribution in [0.2, 0.25) is 0 Å². The highest BCUT2D eigenvalue weighted by molar-refractivity contribution is 14.0. The average Bonchev–Trinajstić information content (AvgIpc) is 3.05. The van der Waals surface area contributed by atoms with Crippen LogP contribution in [0.5, 0.6) is 0 Å². The molecule has 1 aliphatic heterocycles. The molecule has 9 heteroatoms. The Morgan fingerprint density at radius 3 is 2.53 bits per heavy atom. The van der Waals surface area contributed by atoms with Crippen molar-refractivity contribution in [1.29, 1.82) is 0 Å². The molecule has 0 amide bonds. The van der Waals surface area contributed by atoms with E-state index in [0.29, 0.717) is 6.54 Å². The zero-order valence-corrected chi connectivity index (χ0v) is 21.5. The zero-order valence-electron chi connectivity index (χ0n) is 19.1. The van der Waals surface area contributed by atoms with E-state index >= 15 is 0 Å². The Bertz CT molecular complexity index is 652. The van der Waals surface area contributed by atoms with Crippen molar-refractivity contribution in [1.82, 2.24) is 29.9 Å². The third-order valence-corrected chi connectivity index (χ3v) is 6.40. The maximum absolute atomic E-state index is 5.45. The molecule has 1 saturated heterocycles. The highest BCUT2D eigenvalue weighted by atomic mass is 127. The lowest BCUT2D eigenvalue weighted by atomic mass is 9.83. The van der Waals surface area contributed by atoms with Crippen LogP contribution in [0.1, 0.15) is 44.3 Å². The first-order valence-corrected chi connectivity index (χ1v) is 11.2. The number of ether oxygens (including phenoxy) is 1. The summed E-state index contributed by atoms with van der Waals surface area (Å²) < 4.78 is 7.46. The van der Waals surface area contributed by atoms with Crippen molar-refractivity contribution in [3.63, 3.8) is 0 Å². The fourth-order valence-electron chi connectivity index (χ4n) is 4.18. The van der Waals surface area contributed by atoms with E-state index in [1.807, 2.05) is 18.5 Å². The first-order chi connectivity index (χ1) is 14.0. The van der Waals surface area contributed by atoms with Gasteiger partial charge >= 0.3 is 0 Å². The molecule has 1 aliphatic carbocycles. The van der Waals surface area contributed by atoms with Crippen LogP contribution >= 0.6 is 24.0 Å². The summed E-state index contributed by atoms with van der Waals surface area (Å²) in [6, 6.07) is 0. The molecule has 1 N–H and O–H groups in total. The van der Waals surface area contributed by atoms with Crippen LogP contribution in [0.3, 0.4) is 0 Å². The Morgan fingerprint density at radius 1 is 1.20 bits per heavy atom. The monoisotopic (exact) mass is 533 g/mol. The number of hydrogen-bond donors (Lipinski definition) is 1. The number of nitrogens with zero attached hydrogens (tertiary/aromatic N) is 6. The van der Waals surface area contributed by atoms with Gasteiger partial charge < -0.3 is 19.5 Å².